The molecular formula is C19H17BFN3O4S. The van der Waals surface area contributed by atoms with Crippen LogP contribution in [0.25, 0.3) is 16.6 Å². The summed E-state index contributed by atoms with van der Waals surface area (Å²) in [5, 5.41) is 11.0. The SMILES string of the molecule is O=S(=O)(N[C@H]1C[C@H](C2=CB(O)Oc3cnc4[nH]ccc4c32)C1)c1ccc(F)cc1. The number of halogens is 1. The number of aromatic nitrogens is 2. The van der Waals surface area contributed by atoms with Crippen molar-refractivity contribution < 1.29 is 22.5 Å². The van der Waals surface area contributed by atoms with Crippen molar-refractivity contribution in [3.63, 3.8) is 0 Å². The number of benzene rings is 1. The van der Waals surface area contributed by atoms with Gasteiger partial charge in [0.05, 0.1) is 11.1 Å². The summed E-state index contributed by atoms with van der Waals surface area (Å²) in [6.45, 7) is 0. The number of sulfonamides is 1. The number of aromatic amines is 1. The number of nitrogens with one attached hydrogen (secondary N) is 2. The molecule has 0 radical (unpaired) electrons. The van der Waals surface area contributed by atoms with E-state index in [2.05, 4.69) is 14.7 Å². The van der Waals surface area contributed by atoms with Crippen molar-refractivity contribution in [2.75, 3.05) is 0 Å². The number of pyridine rings is 1. The Morgan fingerprint density at radius 1 is 1.24 bits per heavy atom. The smallest absolute Gasteiger partial charge is 0.531 e. The van der Waals surface area contributed by atoms with E-state index < -0.39 is 23.0 Å². The molecule has 0 unspecified atom stereocenters. The van der Waals surface area contributed by atoms with Crippen LogP contribution < -0.4 is 9.38 Å². The zero-order valence-corrected chi connectivity index (χ0v) is 16.0. The van der Waals surface area contributed by atoms with Gasteiger partial charge in [-0.2, -0.15) is 0 Å². The first-order valence-electron chi connectivity index (χ1n) is 9.21. The molecule has 3 aromatic rings. The van der Waals surface area contributed by atoms with Crippen LogP contribution >= 0.6 is 0 Å². The molecule has 0 amide bonds. The van der Waals surface area contributed by atoms with Crippen LogP contribution in [0, 0.1) is 11.7 Å². The molecule has 0 atom stereocenters. The number of fused-ring (bicyclic) bond motifs is 3. The van der Waals surface area contributed by atoms with Crippen molar-refractivity contribution in [1.82, 2.24) is 14.7 Å². The fraction of sp³-hybridized carbons (Fsp3) is 0.211. The van der Waals surface area contributed by atoms with Crippen LogP contribution in [0.15, 0.2) is 53.6 Å². The van der Waals surface area contributed by atoms with Crippen molar-refractivity contribution in [3.8, 4) is 5.75 Å². The van der Waals surface area contributed by atoms with Crippen molar-refractivity contribution >= 4 is 33.7 Å². The first-order valence-corrected chi connectivity index (χ1v) is 10.7. The van der Waals surface area contributed by atoms with Gasteiger partial charge in [0.25, 0.3) is 0 Å². The molecule has 3 heterocycles. The molecule has 3 N–H and O–H groups in total. The van der Waals surface area contributed by atoms with Gasteiger partial charge >= 0.3 is 7.12 Å². The minimum absolute atomic E-state index is 0.0357. The average molecular weight is 413 g/mol. The van der Waals surface area contributed by atoms with Gasteiger partial charge in [-0.15, -0.1) is 0 Å². The summed E-state index contributed by atoms with van der Waals surface area (Å²) in [6.07, 6.45) is 4.55. The third-order valence-electron chi connectivity index (χ3n) is 5.43. The Labute approximate surface area is 166 Å². The van der Waals surface area contributed by atoms with Crippen LogP contribution in [-0.4, -0.2) is 36.6 Å². The lowest BCUT2D eigenvalue weighted by Crippen LogP contribution is -2.45. The van der Waals surface area contributed by atoms with Crippen molar-refractivity contribution in [2.45, 2.75) is 23.8 Å². The zero-order valence-electron chi connectivity index (χ0n) is 15.2. The summed E-state index contributed by atoms with van der Waals surface area (Å²) in [5.41, 5.74) is 2.54. The van der Waals surface area contributed by atoms with E-state index in [1.807, 2.05) is 6.07 Å². The highest BCUT2D eigenvalue weighted by molar-refractivity contribution is 7.89. The second-order valence-electron chi connectivity index (χ2n) is 7.31. The van der Waals surface area contributed by atoms with Crippen LogP contribution in [0.1, 0.15) is 18.4 Å². The number of H-pyrrole nitrogens is 1. The minimum Gasteiger partial charge on any atom is -0.531 e. The molecule has 5 rings (SSSR count). The van der Waals surface area contributed by atoms with E-state index in [-0.39, 0.29) is 16.9 Å². The third kappa shape index (κ3) is 3.23. The molecule has 148 valence electrons. The highest BCUT2D eigenvalue weighted by Gasteiger charge is 2.39. The molecule has 0 spiro atoms. The Morgan fingerprint density at radius 3 is 2.76 bits per heavy atom. The third-order valence-corrected chi connectivity index (χ3v) is 6.97. The summed E-state index contributed by atoms with van der Waals surface area (Å²) in [5.74, 6) is 1.78. The highest BCUT2D eigenvalue weighted by Crippen LogP contribution is 2.46. The fourth-order valence-electron chi connectivity index (χ4n) is 3.99. The average Bonchev–Trinajstić information content (AvgIpc) is 3.12. The van der Waals surface area contributed by atoms with Crippen LogP contribution in [0.5, 0.6) is 5.75 Å². The van der Waals surface area contributed by atoms with Crippen LogP contribution in [-0.2, 0) is 10.0 Å². The second-order valence-corrected chi connectivity index (χ2v) is 9.02. The minimum atomic E-state index is -3.71. The summed E-state index contributed by atoms with van der Waals surface area (Å²) in [4.78, 5) is 7.39. The van der Waals surface area contributed by atoms with Gasteiger partial charge in [-0.1, -0.05) is 0 Å². The topological polar surface area (TPSA) is 104 Å². The molecule has 1 aliphatic carbocycles. The van der Waals surface area contributed by atoms with E-state index in [1.165, 1.54) is 12.1 Å². The predicted octanol–water partition coefficient (Wildman–Crippen LogP) is 2.25. The lowest BCUT2D eigenvalue weighted by Gasteiger charge is -2.39. The van der Waals surface area contributed by atoms with Crippen molar-refractivity contribution in [2.24, 2.45) is 5.92 Å². The van der Waals surface area contributed by atoms with E-state index in [4.69, 9.17) is 4.65 Å². The van der Waals surface area contributed by atoms with E-state index >= 15 is 0 Å². The molecule has 10 heteroatoms. The van der Waals surface area contributed by atoms with Gasteiger partial charge < -0.3 is 14.7 Å². The predicted molar refractivity (Wildman–Crippen MR) is 106 cm³/mol. The summed E-state index contributed by atoms with van der Waals surface area (Å²) in [6, 6.07) is 6.42. The standard InChI is InChI=1S/C19H17BFN3O4S/c21-12-1-3-14(4-2-12)29(26,27)24-13-7-11(8-13)16-9-20(25)28-17-10-23-19-15(18(16)17)5-6-22-19/h1-6,9-11,13,24-25H,7-8H2,(H,22,23)/t11-,13-. The largest absolute Gasteiger partial charge is 0.552 e. The first-order chi connectivity index (χ1) is 13.9. The quantitative estimate of drug-likeness (QED) is 0.570. The molecule has 1 saturated carbocycles. The maximum absolute atomic E-state index is 13.1. The molecule has 1 aromatic carbocycles. The molecule has 1 fully saturated rings. The van der Waals surface area contributed by atoms with Crippen molar-refractivity contribution in [3.05, 3.63) is 60.1 Å². The maximum Gasteiger partial charge on any atom is 0.552 e. The normalized spacial score (nSPS) is 21.3. The first kappa shape index (κ1) is 18.4. The van der Waals surface area contributed by atoms with E-state index in [0.29, 0.717) is 18.6 Å². The second kappa shape index (κ2) is 6.69. The molecule has 2 aromatic heterocycles. The maximum atomic E-state index is 13.1. The number of rotatable bonds is 4. The van der Waals surface area contributed by atoms with E-state index in [9.17, 15) is 17.8 Å². The highest BCUT2D eigenvalue weighted by atomic mass is 32.2. The van der Waals surface area contributed by atoms with Gasteiger partial charge in [0.15, 0.2) is 0 Å². The Bertz CT molecular complexity index is 1220. The number of hydrogen-bond acceptors (Lipinski definition) is 5. The molecular weight excluding hydrogens is 396 g/mol. The number of allylic oxidation sites excluding steroid dienone is 1. The summed E-state index contributed by atoms with van der Waals surface area (Å²) < 4.78 is 46.2. The van der Waals surface area contributed by atoms with Gasteiger partial charge in [-0.3, -0.25) is 0 Å². The molecule has 2 aliphatic rings. The summed E-state index contributed by atoms with van der Waals surface area (Å²) in [7, 11) is -4.78. The van der Waals surface area contributed by atoms with Crippen LogP contribution in [0.2, 0.25) is 0 Å². The van der Waals surface area contributed by atoms with E-state index in [0.717, 1.165) is 34.3 Å². The lowest BCUT2D eigenvalue weighted by atomic mass is 9.68. The Hall–Kier alpha value is -2.69. The number of nitrogens with zero attached hydrogens (tertiary/aromatic N) is 1. The fourth-order valence-corrected chi connectivity index (χ4v) is 5.25. The van der Waals surface area contributed by atoms with Crippen LogP contribution in [0.3, 0.4) is 0 Å². The van der Waals surface area contributed by atoms with E-state index in [1.54, 1.807) is 18.4 Å². The van der Waals surface area contributed by atoms with Gasteiger partial charge in [0, 0.05) is 23.2 Å². The zero-order chi connectivity index (χ0) is 20.2. The Kier molecular flexibility index (Phi) is 4.23. The lowest BCUT2D eigenvalue weighted by molar-refractivity contribution is 0.308. The Balaban J connectivity index is 1.36. The van der Waals surface area contributed by atoms with Gasteiger partial charge in [0.1, 0.15) is 17.2 Å². The number of hydrogen-bond donors (Lipinski definition) is 3. The van der Waals surface area contributed by atoms with Gasteiger partial charge in [-0.05, 0) is 60.6 Å². The van der Waals surface area contributed by atoms with Gasteiger partial charge in [-0.25, -0.2) is 22.5 Å². The monoisotopic (exact) mass is 413 g/mol. The molecule has 1 aliphatic heterocycles. The summed E-state index contributed by atoms with van der Waals surface area (Å²) >= 11 is 0. The van der Waals surface area contributed by atoms with Crippen molar-refractivity contribution in [1.29, 1.82) is 0 Å². The Morgan fingerprint density at radius 2 is 2.00 bits per heavy atom. The molecule has 0 bridgehead atoms. The van der Waals surface area contributed by atoms with Gasteiger partial charge in [0.2, 0.25) is 10.0 Å². The molecule has 0 saturated heterocycles. The molecule has 7 nitrogen and oxygen atoms in total. The van der Waals surface area contributed by atoms with Crippen LogP contribution in [0.4, 0.5) is 4.39 Å². The molecule has 29 heavy (non-hydrogen) atoms.